The standard InChI is InChI=1S/C18H27Cl3OSi/c1-7-14-8-10-15(11-9-14)12-13-16(18(19,20)21)22-23(5,6)17(2,3)4/h8-13,16H,7H2,1-6H3/b13-12+/t16-/m0/s1. The fourth-order valence-corrected chi connectivity index (χ4v) is 3.59. The molecule has 0 saturated heterocycles. The van der Waals surface area contributed by atoms with Crippen molar-refractivity contribution in [1.29, 1.82) is 0 Å². The first-order chi connectivity index (χ1) is 10.4. The Hall–Kier alpha value is 0.00688. The van der Waals surface area contributed by atoms with E-state index in [-0.39, 0.29) is 5.04 Å². The molecule has 0 spiro atoms. The van der Waals surface area contributed by atoms with E-state index in [0.717, 1.165) is 12.0 Å². The lowest BCUT2D eigenvalue weighted by Gasteiger charge is -2.40. The smallest absolute Gasteiger partial charge is 0.218 e. The van der Waals surface area contributed by atoms with Gasteiger partial charge in [0.15, 0.2) is 8.32 Å². The Kier molecular flexibility index (Phi) is 7.25. The monoisotopic (exact) mass is 392 g/mol. The Morgan fingerprint density at radius 3 is 2.00 bits per heavy atom. The fraction of sp³-hybridized carbons (Fsp3) is 0.556. The molecule has 1 atom stereocenters. The third kappa shape index (κ3) is 6.43. The minimum absolute atomic E-state index is 0.0534. The number of benzene rings is 1. The van der Waals surface area contributed by atoms with E-state index in [1.54, 1.807) is 0 Å². The van der Waals surface area contributed by atoms with Gasteiger partial charge in [0, 0.05) is 0 Å². The largest absolute Gasteiger partial charge is 0.406 e. The zero-order valence-corrected chi connectivity index (χ0v) is 18.1. The van der Waals surface area contributed by atoms with Crippen LogP contribution in [0, 0.1) is 0 Å². The summed E-state index contributed by atoms with van der Waals surface area (Å²) in [6.45, 7) is 12.9. The lowest BCUT2D eigenvalue weighted by Crippen LogP contribution is -2.46. The van der Waals surface area contributed by atoms with Crippen LogP contribution in [0.15, 0.2) is 30.3 Å². The Bertz CT molecular complexity index is 525. The number of hydrogen-bond acceptors (Lipinski definition) is 1. The predicted molar refractivity (Wildman–Crippen MR) is 107 cm³/mol. The van der Waals surface area contributed by atoms with Gasteiger partial charge in [-0.25, -0.2) is 0 Å². The Balaban J connectivity index is 2.97. The molecule has 0 amide bonds. The highest BCUT2D eigenvalue weighted by Gasteiger charge is 2.43. The number of halogens is 3. The van der Waals surface area contributed by atoms with Crippen molar-refractivity contribution in [2.45, 2.75) is 62.1 Å². The topological polar surface area (TPSA) is 9.23 Å². The van der Waals surface area contributed by atoms with E-state index < -0.39 is 18.2 Å². The summed E-state index contributed by atoms with van der Waals surface area (Å²) in [4.78, 5) is 0. The van der Waals surface area contributed by atoms with Gasteiger partial charge < -0.3 is 4.43 Å². The number of aryl methyl sites for hydroxylation is 1. The molecular weight excluding hydrogens is 367 g/mol. The van der Waals surface area contributed by atoms with Crippen LogP contribution in [0.1, 0.15) is 38.8 Å². The van der Waals surface area contributed by atoms with Crippen molar-refractivity contribution in [3.8, 4) is 0 Å². The van der Waals surface area contributed by atoms with Crippen molar-refractivity contribution >= 4 is 49.2 Å². The van der Waals surface area contributed by atoms with Gasteiger partial charge in [-0.2, -0.15) is 0 Å². The molecule has 1 aromatic rings. The molecule has 0 aromatic heterocycles. The molecule has 0 aliphatic rings. The van der Waals surface area contributed by atoms with Crippen LogP contribution >= 0.6 is 34.8 Å². The summed E-state index contributed by atoms with van der Waals surface area (Å²) in [5, 5.41) is 0.0534. The number of rotatable bonds is 5. The highest BCUT2D eigenvalue weighted by molar-refractivity contribution is 6.74. The maximum absolute atomic E-state index is 6.29. The average molecular weight is 394 g/mol. The molecule has 0 fully saturated rings. The highest BCUT2D eigenvalue weighted by atomic mass is 35.6. The second kappa shape index (κ2) is 7.92. The van der Waals surface area contributed by atoms with E-state index >= 15 is 0 Å². The van der Waals surface area contributed by atoms with E-state index in [2.05, 4.69) is 65.1 Å². The van der Waals surface area contributed by atoms with Crippen LogP contribution in [0.4, 0.5) is 0 Å². The van der Waals surface area contributed by atoms with Gasteiger partial charge in [-0.1, -0.05) is 98.9 Å². The van der Waals surface area contributed by atoms with Crippen LogP contribution in [0.25, 0.3) is 6.08 Å². The summed E-state index contributed by atoms with van der Waals surface area (Å²) in [6.07, 6.45) is 4.27. The molecule has 1 aromatic carbocycles. The second-order valence-corrected chi connectivity index (χ2v) is 14.4. The van der Waals surface area contributed by atoms with Crippen molar-refractivity contribution in [3.63, 3.8) is 0 Å². The first kappa shape index (κ1) is 21.1. The fourth-order valence-electron chi connectivity index (χ4n) is 1.77. The van der Waals surface area contributed by atoms with Crippen molar-refractivity contribution in [1.82, 2.24) is 0 Å². The molecule has 0 heterocycles. The van der Waals surface area contributed by atoms with E-state index in [1.807, 2.05) is 12.2 Å². The molecule has 5 heteroatoms. The lowest BCUT2D eigenvalue weighted by atomic mass is 10.1. The van der Waals surface area contributed by atoms with Crippen molar-refractivity contribution in [3.05, 3.63) is 41.5 Å². The van der Waals surface area contributed by atoms with Crippen LogP contribution in [-0.4, -0.2) is 18.2 Å². The molecule has 1 rings (SSSR count). The summed E-state index contributed by atoms with van der Waals surface area (Å²) < 4.78 is 4.80. The molecule has 0 aliphatic heterocycles. The lowest BCUT2D eigenvalue weighted by molar-refractivity contribution is 0.229. The summed E-state index contributed by atoms with van der Waals surface area (Å²) in [5.74, 6) is 0. The van der Waals surface area contributed by atoms with Gasteiger partial charge in [0.2, 0.25) is 3.79 Å². The summed E-state index contributed by atoms with van der Waals surface area (Å²) in [5.41, 5.74) is 2.37. The Morgan fingerprint density at radius 1 is 1.09 bits per heavy atom. The maximum Gasteiger partial charge on any atom is 0.218 e. The van der Waals surface area contributed by atoms with Gasteiger partial charge in [0.05, 0.1) is 0 Å². The van der Waals surface area contributed by atoms with Gasteiger partial charge in [0.1, 0.15) is 6.10 Å². The van der Waals surface area contributed by atoms with E-state index in [4.69, 9.17) is 39.2 Å². The molecule has 23 heavy (non-hydrogen) atoms. The zero-order valence-electron chi connectivity index (χ0n) is 14.8. The minimum Gasteiger partial charge on any atom is -0.406 e. The summed E-state index contributed by atoms with van der Waals surface area (Å²) in [6, 6.07) is 8.35. The number of hydrogen-bond donors (Lipinski definition) is 0. The first-order valence-electron chi connectivity index (χ1n) is 7.88. The molecule has 0 aliphatic carbocycles. The highest BCUT2D eigenvalue weighted by Crippen LogP contribution is 2.42. The van der Waals surface area contributed by atoms with Crippen LogP contribution in [-0.2, 0) is 10.8 Å². The second-order valence-electron chi connectivity index (χ2n) is 7.29. The summed E-state index contributed by atoms with van der Waals surface area (Å²) >= 11 is 18.4. The van der Waals surface area contributed by atoms with Gasteiger partial charge in [-0.15, -0.1) is 0 Å². The van der Waals surface area contributed by atoms with E-state index in [9.17, 15) is 0 Å². The Morgan fingerprint density at radius 2 is 1.61 bits per heavy atom. The van der Waals surface area contributed by atoms with Crippen molar-refractivity contribution in [2.75, 3.05) is 0 Å². The molecular formula is C18H27Cl3OSi. The van der Waals surface area contributed by atoms with Crippen LogP contribution in [0.3, 0.4) is 0 Å². The Labute approximate surface area is 157 Å². The minimum atomic E-state index is -2.04. The van der Waals surface area contributed by atoms with Crippen LogP contribution in [0.2, 0.25) is 18.1 Å². The normalized spacial score (nSPS) is 15.2. The maximum atomic E-state index is 6.29. The molecule has 0 N–H and O–H groups in total. The van der Waals surface area contributed by atoms with Gasteiger partial charge in [-0.3, -0.25) is 0 Å². The SMILES string of the molecule is CCc1ccc(/C=C/[C@H](O[Si](C)(C)C(C)(C)C)C(Cl)(Cl)Cl)cc1. The van der Waals surface area contributed by atoms with Gasteiger partial charge >= 0.3 is 0 Å². The molecule has 1 nitrogen and oxygen atoms in total. The van der Waals surface area contributed by atoms with Crippen LogP contribution in [0.5, 0.6) is 0 Å². The molecule has 0 unspecified atom stereocenters. The third-order valence-electron chi connectivity index (χ3n) is 4.40. The quantitative estimate of drug-likeness (QED) is 0.385. The molecule has 130 valence electrons. The van der Waals surface area contributed by atoms with Gasteiger partial charge in [-0.05, 0) is 35.7 Å². The average Bonchev–Trinajstić information content (AvgIpc) is 2.41. The number of alkyl halides is 3. The molecule has 0 saturated carbocycles. The van der Waals surface area contributed by atoms with Crippen molar-refractivity contribution in [2.24, 2.45) is 0 Å². The van der Waals surface area contributed by atoms with Crippen LogP contribution < -0.4 is 0 Å². The first-order valence-corrected chi connectivity index (χ1v) is 11.9. The van der Waals surface area contributed by atoms with Gasteiger partial charge in [0.25, 0.3) is 0 Å². The predicted octanol–water partition coefficient (Wildman–Crippen LogP) is 7.02. The molecule has 0 bridgehead atoms. The van der Waals surface area contributed by atoms with Crippen molar-refractivity contribution < 1.29 is 4.43 Å². The third-order valence-corrected chi connectivity index (χ3v) is 9.50. The van der Waals surface area contributed by atoms with E-state index in [0.29, 0.717) is 0 Å². The molecule has 0 radical (unpaired) electrons. The zero-order chi connectivity index (χ0) is 17.9. The van der Waals surface area contributed by atoms with E-state index in [1.165, 1.54) is 5.56 Å². The summed E-state index contributed by atoms with van der Waals surface area (Å²) in [7, 11) is -2.04.